The van der Waals surface area contributed by atoms with Crippen molar-refractivity contribution in [3.8, 4) is 0 Å². The van der Waals surface area contributed by atoms with E-state index in [-0.39, 0.29) is 23.5 Å². The molecule has 1 aromatic heterocycles. The van der Waals surface area contributed by atoms with Gasteiger partial charge in [0.25, 0.3) is 0 Å². The van der Waals surface area contributed by atoms with Crippen LogP contribution in [0.4, 0.5) is 0 Å². The molecule has 3 unspecified atom stereocenters. The van der Waals surface area contributed by atoms with Crippen molar-refractivity contribution in [2.24, 2.45) is 17.8 Å². The number of carbonyl (C=O) groups excluding carboxylic acids is 1. The Kier molecular flexibility index (Phi) is 5.54. The number of ether oxygens (including phenoxy) is 1. The first-order valence-electron chi connectivity index (χ1n) is 8.84. The van der Waals surface area contributed by atoms with Gasteiger partial charge < -0.3 is 4.74 Å². The summed E-state index contributed by atoms with van der Waals surface area (Å²) in [6.07, 6.45) is 3.10. The third kappa shape index (κ3) is 3.93. The van der Waals surface area contributed by atoms with Gasteiger partial charge in [-0.3, -0.25) is 14.2 Å². The average Bonchev–Trinajstić information content (AvgIpc) is 2.84. The van der Waals surface area contributed by atoms with Crippen LogP contribution in [0, 0.1) is 17.8 Å². The van der Waals surface area contributed by atoms with Gasteiger partial charge >= 0.3 is 10.8 Å². The number of hydrogen-bond donors (Lipinski definition) is 0. The molecule has 1 heterocycles. The summed E-state index contributed by atoms with van der Waals surface area (Å²) in [6.45, 7) is 6.47. The Morgan fingerprint density at radius 2 is 2.16 bits per heavy atom. The minimum atomic E-state index is -0.355. The van der Waals surface area contributed by atoms with Gasteiger partial charge in [-0.25, -0.2) is 0 Å². The van der Waals surface area contributed by atoms with Crippen LogP contribution in [0.1, 0.15) is 40.0 Å². The lowest BCUT2D eigenvalue weighted by molar-refractivity contribution is -0.156. The molecule has 0 bridgehead atoms. The van der Waals surface area contributed by atoms with Crippen molar-refractivity contribution in [2.45, 2.75) is 52.7 Å². The van der Waals surface area contributed by atoms with Gasteiger partial charge in [-0.1, -0.05) is 56.2 Å². The highest BCUT2D eigenvalue weighted by Crippen LogP contribution is 2.35. The molecule has 0 amide bonds. The topological polar surface area (TPSA) is 48.3 Å². The van der Waals surface area contributed by atoms with E-state index in [4.69, 9.17) is 16.3 Å². The van der Waals surface area contributed by atoms with Crippen LogP contribution in [0.15, 0.2) is 23.0 Å². The minimum Gasteiger partial charge on any atom is -0.461 e. The van der Waals surface area contributed by atoms with Gasteiger partial charge in [0, 0.05) is 0 Å². The standard InChI is InChI=1S/C19H24ClNO3S/c1-11(2)13-8-7-12(3)9-15(13)24-17(22)10-21-18-14(20)5-4-6-16(18)25-19(21)23/h4-6,11-13,15H,7-10H2,1-3H3. The predicted molar refractivity (Wildman–Crippen MR) is 102 cm³/mol. The Bertz CT molecular complexity index is 826. The normalized spacial score (nSPS) is 24.0. The number of benzene rings is 1. The third-order valence-corrected chi connectivity index (χ3v) is 6.42. The first-order valence-corrected chi connectivity index (χ1v) is 10.0. The Hall–Kier alpha value is -1.33. The van der Waals surface area contributed by atoms with Gasteiger partial charge in [0.15, 0.2) is 0 Å². The molecular weight excluding hydrogens is 358 g/mol. The molecule has 1 fully saturated rings. The molecule has 3 rings (SSSR count). The molecule has 1 aromatic carbocycles. The highest BCUT2D eigenvalue weighted by Gasteiger charge is 2.33. The van der Waals surface area contributed by atoms with Gasteiger partial charge in [0.1, 0.15) is 12.6 Å². The monoisotopic (exact) mass is 381 g/mol. The van der Waals surface area contributed by atoms with Crippen LogP contribution in [0.25, 0.3) is 10.2 Å². The van der Waals surface area contributed by atoms with E-state index in [0.29, 0.717) is 28.3 Å². The smallest absolute Gasteiger partial charge is 0.326 e. The van der Waals surface area contributed by atoms with E-state index >= 15 is 0 Å². The van der Waals surface area contributed by atoms with E-state index in [2.05, 4.69) is 20.8 Å². The van der Waals surface area contributed by atoms with Gasteiger partial charge in [-0.2, -0.15) is 0 Å². The van der Waals surface area contributed by atoms with Crippen molar-refractivity contribution in [3.05, 3.63) is 32.9 Å². The molecule has 0 aliphatic heterocycles. The summed E-state index contributed by atoms with van der Waals surface area (Å²) in [6, 6.07) is 5.38. The number of fused-ring (bicyclic) bond motifs is 1. The van der Waals surface area contributed by atoms with Crippen LogP contribution in [0.2, 0.25) is 5.02 Å². The van der Waals surface area contributed by atoms with E-state index in [1.54, 1.807) is 12.1 Å². The molecule has 136 valence electrons. The van der Waals surface area contributed by atoms with E-state index in [1.807, 2.05) is 6.07 Å². The number of rotatable bonds is 4. The summed E-state index contributed by atoms with van der Waals surface area (Å²) in [5.41, 5.74) is 0.619. The fourth-order valence-corrected chi connectivity index (χ4v) is 5.06. The lowest BCUT2D eigenvalue weighted by atomic mass is 9.75. The van der Waals surface area contributed by atoms with Gasteiger partial charge in [-0.05, 0) is 42.7 Å². The molecule has 1 aliphatic rings. The van der Waals surface area contributed by atoms with Crippen LogP contribution in [0.5, 0.6) is 0 Å². The number of aromatic nitrogens is 1. The Labute approximate surface area is 156 Å². The predicted octanol–water partition coefficient (Wildman–Crippen LogP) is 4.72. The molecule has 0 spiro atoms. The number of carbonyl (C=O) groups is 1. The first kappa shape index (κ1) is 18.5. The number of para-hydroxylation sites is 1. The highest BCUT2D eigenvalue weighted by atomic mass is 35.5. The fourth-order valence-electron chi connectivity index (χ4n) is 3.81. The molecule has 3 atom stereocenters. The molecule has 0 saturated heterocycles. The maximum Gasteiger partial charge on any atom is 0.326 e. The summed E-state index contributed by atoms with van der Waals surface area (Å²) in [5, 5.41) is 0.481. The zero-order valence-corrected chi connectivity index (χ0v) is 16.4. The van der Waals surface area contributed by atoms with Gasteiger partial charge in [-0.15, -0.1) is 0 Å². The zero-order chi connectivity index (χ0) is 18.1. The molecule has 0 radical (unpaired) electrons. The van der Waals surface area contributed by atoms with E-state index in [9.17, 15) is 9.59 Å². The Balaban J connectivity index is 1.79. The van der Waals surface area contributed by atoms with Crippen molar-refractivity contribution < 1.29 is 9.53 Å². The second-order valence-corrected chi connectivity index (χ2v) is 8.80. The zero-order valence-electron chi connectivity index (χ0n) is 14.8. The van der Waals surface area contributed by atoms with Crippen LogP contribution >= 0.6 is 22.9 Å². The summed E-state index contributed by atoms with van der Waals surface area (Å²) in [4.78, 5) is 24.6. The van der Waals surface area contributed by atoms with Crippen LogP contribution in [-0.4, -0.2) is 16.6 Å². The summed E-state index contributed by atoms with van der Waals surface area (Å²) >= 11 is 7.33. The molecule has 1 aliphatic carbocycles. The number of thiazole rings is 1. The summed E-state index contributed by atoms with van der Waals surface area (Å²) in [7, 11) is 0. The SMILES string of the molecule is CC1CCC(C(C)C)C(OC(=O)Cn2c(=O)sc3cccc(Cl)c32)C1. The molecule has 2 aromatic rings. The van der Waals surface area contributed by atoms with E-state index in [1.165, 1.54) is 11.0 Å². The van der Waals surface area contributed by atoms with Crippen molar-refractivity contribution >= 4 is 39.1 Å². The third-order valence-electron chi connectivity index (χ3n) is 5.17. The average molecular weight is 382 g/mol. The van der Waals surface area contributed by atoms with Crippen molar-refractivity contribution in [1.29, 1.82) is 0 Å². The maximum absolute atomic E-state index is 12.5. The summed E-state index contributed by atoms with van der Waals surface area (Å²) in [5.74, 6) is 1.07. The molecule has 1 saturated carbocycles. The van der Waals surface area contributed by atoms with Gasteiger partial charge in [0.2, 0.25) is 0 Å². The van der Waals surface area contributed by atoms with Crippen molar-refractivity contribution in [1.82, 2.24) is 4.57 Å². The number of esters is 1. The number of nitrogens with zero attached hydrogens (tertiary/aromatic N) is 1. The second kappa shape index (κ2) is 7.50. The van der Waals surface area contributed by atoms with E-state index in [0.717, 1.165) is 28.9 Å². The van der Waals surface area contributed by atoms with Crippen molar-refractivity contribution in [2.75, 3.05) is 0 Å². The van der Waals surface area contributed by atoms with Gasteiger partial charge in [0.05, 0.1) is 15.2 Å². The van der Waals surface area contributed by atoms with Crippen LogP contribution < -0.4 is 4.87 Å². The van der Waals surface area contributed by atoms with Crippen LogP contribution in [-0.2, 0) is 16.1 Å². The first-order chi connectivity index (χ1) is 11.9. The van der Waals surface area contributed by atoms with Crippen LogP contribution in [0.3, 0.4) is 0 Å². The van der Waals surface area contributed by atoms with Crippen molar-refractivity contribution in [3.63, 3.8) is 0 Å². The number of hydrogen-bond acceptors (Lipinski definition) is 4. The highest BCUT2D eigenvalue weighted by molar-refractivity contribution is 7.16. The minimum absolute atomic E-state index is 0.0627. The fraction of sp³-hybridized carbons (Fsp3) is 0.579. The summed E-state index contributed by atoms with van der Waals surface area (Å²) < 4.78 is 8.04. The Morgan fingerprint density at radius 3 is 2.88 bits per heavy atom. The quantitative estimate of drug-likeness (QED) is 0.720. The lowest BCUT2D eigenvalue weighted by Crippen LogP contribution is -2.37. The molecule has 4 nitrogen and oxygen atoms in total. The number of halogens is 1. The molecule has 6 heteroatoms. The maximum atomic E-state index is 12.5. The largest absolute Gasteiger partial charge is 0.461 e. The second-order valence-electron chi connectivity index (χ2n) is 7.40. The molecule has 25 heavy (non-hydrogen) atoms. The molecular formula is C19H24ClNO3S. The lowest BCUT2D eigenvalue weighted by Gasteiger charge is -2.36. The molecule has 0 N–H and O–H groups in total. The Morgan fingerprint density at radius 1 is 1.40 bits per heavy atom. The van der Waals surface area contributed by atoms with E-state index < -0.39 is 0 Å².